The Morgan fingerprint density at radius 1 is 1.00 bits per heavy atom. The summed E-state index contributed by atoms with van der Waals surface area (Å²) < 4.78 is 11.3. The summed E-state index contributed by atoms with van der Waals surface area (Å²) in [5.74, 6) is 1.40. The third-order valence-corrected chi connectivity index (χ3v) is 3.08. The van der Waals surface area contributed by atoms with Crippen molar-refractivity contribution in [1.29, 1.82) is 0 Å². The molecule has 0 aliphatic rings. The minimum Gasteiger partial charge on any atom is -0.477 e. The Hall–Kier alpha value is -2.69. The van der Waals surface area contributed by atoms with Crippen molar-refractivity contribution in [3.05, 3.63) is 48.2 Å². The maximum atomic E-state index is 5.78. The van der Waals surface area contributed by atoms with Crippen molar-refractivity contribution in [1.82, 2.24) is 15.2 Å². The number of nitrogens with zero attached hydrogens (tertiary/aromatic N) is 3. The molecule has 1 aromatic carbocycles. The highest BCUT2D eigenvalue weighted by Crippen LogP contribution is 2.30. The van der Waals surface area contributed by atoms with Crippen molar-refractivity contribution in [2.24, 2.45) is 0 Å². The van der Waals surface area contributed by atoms with Gasteiger partial charge < -0.3 is 9.15 Å². The number of aryl methyl sites for hydroxylation is 1. The van der Waals surface area contributed by atoms with E-state index in [-0.39, 0.29) is 0 Å². The Morgan fingerprint density at radius 3 is 2.48 bits per heavy atom. The van der Waals surface area contributed by atoms with Crippen molar-refractivity contribution in [3.8, 4) is 28.8 Å². The fourth-order valence-electron chi connectivity index (χ4n) is 2.06. The Labute approximate surface area is 122 Å². The second-order valence-corrected chi connectivity index (χ2v) is 4.52. The summed E-state index contributed by atoms with van der Waals surface area (Å²) in [6, 6.07) is 11.6. The molecule has 5 heteroatoms. The lowest BCUT2D eigenvalue weighted by atomic mass is 10.1. The minimum absolute atomic E-state index is 0.407. The molecule has 2 heterocycles. The molecule has 0 spiro atoms. The molecule has 0 saturated carbocycles. The van der Waals surface area contributed by atoms with Gasteiger partial charge in [-0.25, -0.2) is 4.98 Å². The maximum Gasteiger partial charge on any atom is 0.253 e. The highest BCUT2D eigenvalue weighted by atomic mass is 16.5. The summed E-state index contributed by atoms with van der Waals surface area (Å²) in [6.45, 7) is 4.45. The number of aromatic nitrogens is 3. The van der Waals surface area contributed by atoms with Crippen LogP contribution in [0.1, 0.15) is 12.5 Å². The second-order valence-electron chi connectivity index (χ2n) is 4.52. The molecule has 0 fully saturated rings. The molecule has 0 radical (unpaired) electrons. The highest BCUT2D eigenvalue weighted by Gasteiger charge is 2.16. The second kappa shape index (κ2) is 5.75. The van der Waals surface area contributed by atoms with E-state index in [0.29, 0.717) is 29.8 Å². The third kappa shape index (κ3) is 2.63. The molecule has 0 atom stereocenters. The summed E-state index contributed by atoms with van der Waals surface area (Å²) in [7, 11) is 0. The molecule has 0 N–H and O–H groups in total. The van der Waals surface area contributed by atoms with Crippen LogP contribution in [0.4, 0.5) is 0 Å². The molecular formula is C16H15N3O2. The van der Waals surface area contributed by atoms with Gasteiger partial charge in [0, 0.05) is 11.8 Å². The van der Waals surface area contributed by atoms with Gasteiger partial charge in [-0.05, 0) is 37.6 Å². The van der Waals surface area contributed by atoms with Gasteiger partial charge in [-0.15, -0.1) is 10.2 Å². The van der Waals surface area contributed by atoms with Crippen molar-refractivity contribution in [2.75, 3.05) is 6.61 Å². The Kier molecular flexibility index (Phi) is 3.64. The molecule has 106 valence electrons. The van der Waals surface area contributed by atoms with Crippen molar-refractivity contribution in [3.63, 3.8) is 0 Å². The molecule has 21 heavy (non-hydrogen) atoms. The van der Waals surface area contributed by atoms with Gasteiger partial charge >= 0.3 is 0 Å². The van der Waals surface area contributed by atoms with E-state index in [1.54, 1.807) is 6.20 Å². The summed E-state index contributed by atoms with van der Waals surface area (Å²) in [5, 5.41) is 8.24. The van der Waals surface area contributed by atoms with Crippen molar-refractivity contribution in [2.45, 2.75) is 13.8 Å². The van der Waals surface area contributed by atoms with Crippen LogP contribution in [-0.2, 0) is 0 Å². The average molecular weight is 281 g/mol. The van der Waals surface area contributed by atoms with E-state index in [9.17, 15) is 0 Å². The standard InChI is InChI=1S/C16H15N3O2/c1-3-20-14-13(9-6-10-17-14)16-19-18-15(21-16)12-8-5-4-7-11(12)2/h4-10H,3H2,1-2H3. The summed E-state index contributed by atoms with van der Waals surface area (Å²) in [4.78, 5) is 4.19. The zero-order chi connectivity index (χ0) is 14.7. The van der Waals surface area contributed by atoms with Crippen LogP contribution in [-0.4, -0.2) is 21.8 Å². The fraction of sp³-hybridized carbons (Fsp3) is 0.188. The van der Waals surface area contributed by atoms with Crippen LogP contribution in [0.2, 0.25) is 0 Å². The summed E-state index contributed by atoms with van der Waals surface area (Å²) in [6.07, 6.45) is 1.67. The van der Waals surface area contributed by atoms with Crippen LogP contribution in [0.5, 0.6) is 5.88 Å². The molecular weight excluding hydrogens is 266 g/mol. The van der Waals surface area contributed by atoms with E-state index >= 15 is 0 Å². The molecule has 3 rings (SSSR count). The highest BCUT2D eigenvalue weighted by molar-refractivity contribution is 5.63. The van der Waals surface area contributed by atoms with Gasteiger partial charge in [0.25, 0.3) is 5.89 Å². The van der Waals surface area contributed by atoms with E-state index in [2.05, 4.69) is 15.2 Å². The van der Waals surface area contributed by atoms with Crippen LogP contribution >= 0.6 is 0 Å². The molecule has 0 saturated heterocycles. The molecule has 0 aliphatic heterocycles. The number of rotatable bonds is 4. The van der Waals surface area contributed by atoms with Crippen LogP contribution in [0, 0.1) is 6.92 Å². The lowest BCUT2D eigenvalue weighted by Crippen LogP contribution is -1.96. The molecule has 2 aromatic heterocycles. The Morgan fingerprint density at radius 2 is 1.71 bits per heavy atom. The monoisotopic (exact) mass is 281 g/mol. The number of ether oxygens (including phenoxy) is 1. The summed E-state index contributed by atoms with van der Waals surface area (Å²) >= 11 is 0. The van der Waals surface area contributed by atoms with Crippen molar-refractivity contribution < 1.29 is 9.15 Å². The van der Waals surface area contributed by atoms with Gasteiger partial charge in [-0.2, -0.15) is 0 Å². The lowest BCUT2D eigenvalue weighted by molar-refractivity contribution is 0.327. The van der Waals surface area contributed by atoms with Gasteiger partial charge in [0.05, 0.1) is 6.61 Å². The normalized spacial score (nSPS) is 10.6. The maximum absolute atomic E-state index is 5.78. The molecule has 5 nitrogen and oxygen atoms in total. The SMILES string of the molecule is CCOc1ncccc1-c1nnc(-c2ccccc2C)o1. The zero-order valence-electron chi connectivity index (χ0n) is 11.9. The Balaban J connectivity index is 2.01. The number of benzene rings is 1. The molecule has 0 unspecified atom stereocenters. The number of hydrogen-bond donors (Lipinski definition) is 0. The van der Waals surface area contributed by atoms with Gasteiger partial charge in [-0.3, -0.25) is 0 Å². The van der Waals surface area contributed by atoms with Crippen LogP contribution < -0.4 is 4.74 Å². The number of hydrogen-bond acceptors (Lipinski definition) is 5. The van der Waals surface area contributed by atoms with Crippen LogP contribution in [0.3, 0.4) is 0 Å². The zero-order valence-corrected chi connectivity index (χ0v) is 11.9. The molecule has 0 aliphatic carbocycles. The first-order chi connectivity index (χ1) is 10.3. The van der Waals surface area contributed by atoms with Crippen molar-refractivity contribution >= 4 is 0 Å². The fourth-order valence-corrected chi connectivity index (χ4v) is 2.06. The topological polar surface area (TPSA) is 61.0 Å². The van der Waals surface area contributed by atoms with Gasteiger partial charge in [0.1, 0.15) is 5.56 Å². The predicted molar refractivity (Wildman–Crippen MR) is 78.9 cm³/mol. The smallest absolute Gasteiger partial charge is 0.253 e. The van der Waals surface area contributed by atoms with Gasteiger partial charge in [0.2, 0.25) is 11.8 Å². The Bertz CT molecular complexity index is 753. The molecule has 3 aromatic rings. The van der Waals surface area contributed by atoms with E-state index in [0.717, 1.165) is 11.1 Å². The summed E-state index contributed by atoms with van der Waals surface area (Å²) in [5.41, 5.74) is 2.72. The van der Waals surface area contributed by atoms with E-state index < -0.39 is 0 Å². The lowest BCUT2D eigenvalue weighted by Gasteiger charge is -2.04. The third-order valence-electron chi connectivity index (χ3n) is 3.08. The van der Waals surface area contributed by atoms with E-state index in [1.165, 1.54) is 0 Å². The number of pyridine rings is 1. The minimum atomic E-state index is 0.407. The van der Waals surface area contributed by atoms with Crippen LogP contribution in [0.25, 0.3) is 22.9 Å². The molecule has 0 bridgehead atoms. The van der Waals surface area contributed by atoms with E-state index in [4.69, 9.17) is 9.15 Å². The first-order valence-electron chi connectivity index (χ1n) is 6.77. The van der Waals surface area contributed by atoms with Gasteiger partial charge in [0.15, 0.2) is 0 Å². The first-order valence-corrected chi connectivity index (χ1v) is 6.77. The van der Waals surface area contributed by atoms with Gasteiger partial charge in [-0.1, -0.05) is 18.2 Å². The largest absolute Gasteiger partial charge is 0.477 e. The first kappa shape index (κ1) is 13.3. The van der Waals surface area contributed by atoms with E-state index in [1.807, 2.05) is 50.2 Å². The molecule has 0 amide bonds. The quantitative estimate of drug-likeness (QED) is 0.732. The predicted octanol–water partition coefficient (Wildman–Crippen LogP) is 3.51. The average Bonchev–Trinajstić information content (AvgIpc) is 2.98. The van der Waals surface area contributed by atoms with Crippen LogP contribution in [0.15, 0.2) is 47.0 Å².